The molecule has 1 N–H and O–H groups in total. The molecule has 0 saturated heterocycles. The van der Waals surface area contributed by atoms with Gasteiger partial charge in [0, 0.05) is 13.1 Å². The molecule has 0 bridgehead atoms. The first-order valence-electron chi connectivity index (χ1n) is 6.84. The normalized spacial score (nSPS) is 12.9. The molecule has 7 nitrogen and oxygen atoms in total. The fraction of sp³-hybridized carbons (Fsp3) is 0.769. The highest BCUT2D eigenvalue weighted by Crippen LogP contribution is 2.16. The first-order chi connectivity index (χ1) is 9.26. The second-order valence-electron chi connectivity index (χ2n) is 5.47. The van der Waals surface area contributed by atoms with Crippen LogP contribution >= 0.6 is 0 Å². The van der Waals surface area contributed by atoms with Gasteiger partial charge in [-0.3, -0.25) is 0 Å². The topological polar surface area (TPSA) is 80.5 Å². The fourth-order valence-electron chi connectivity index (χ4n) is 1.58. The van der Waals surface area contributed by atoms with Crippen molar-refractivity contribution >= 4 is 12.0 Å². The van der Waals surface area contributed by atoms with Gasteiger partial charge in [-0.25, -0.2) is 4.79 Å². The lowest BCUT2D eigenvalue weighted by molar-refractivity contribution is 0.0499. The molecule has 114 valence electrons. The van der Waals surface area contributed by atoms with Gasteiger partial charge in [-0.05, 0) is 46.7 Å². The Bertz CT molecular complexity index is 435. The van der Waals surface area contributed by atoms with Crippen molar-refractivity contribution in [2.45, 2.75) is 53.2 Å². The number of hydrogen-bond donors (Lipinski definition) is 1. The first-order valence-corrected chi connectivity index (χ1v) is 6.84. The molecule has 0 fully saturated rings. The Labute approximate surface area is 119 Å². The molecular weight excluding hydrogens is 260 g/mol. The second kappa shape index (κ2) is 6.58. The molecule has 1 rings (SSSR count). The van der Waals surface area contributed by atoms with Gasteiger partial charge in [0.05, 0.1) is 0 Å². The SMILES string of the molecule is CCN(CC)c1noc([C@H](C)NC(=O)OC(C)(C)C)n1. The average Bonchev–Trinajstić information content (AvgIpc) is 2.77. The predicted molar refractivity (Wildman–Crippen MR) is 75.6 cm³/mol. The Morgan fingerprint density at radius 3 is 2.50 bits per heavy atom. The Morgan fingerprint density at radius 1 is 1.40 bits per heavy atom. The molecule has 0 aliphatic rings. The van der Waals surface area contributed by atoms with Crippen LogP contribution in [0.25, 0.3) is 0 Å². The standard InChI is InChI=1S/C13H24N4O3/c1-7-17(8-2)11-15-10(20-16-11)9(3)14-12(18)19-13(4,5)6/h9H,7-8H2,1-6H3,(H,14,18)/t9-/m0/s1. The van der Waals surface area contributed by atoms with E-state index >= 15 is 0 Å². The van der Waals surface area contributed by atoms with Crippen LogP contribution < -0.4 is 10.2 Å². The van der Waals surface area contributed by atoms with Gasteiger partial charge in [-0.2, -0.15) is 4.98 Å². The summed E-state index contributed by atoms with van der Waals surface area (Å²) in [6.07, 6.45) is -0.507. The summed E-state index contributed by atoms with van der Waals surface area (Å²) in [5.41, 5.74) is -0.537. The van der Waals surface area contributed by atoms with E-state index in [0.29, 0.717) is 11.8 Å². The fourth-order valence-corrected chi connectivity index (χ4v) is 1.58. The number of carbonyl (C=O) groups is 1. The summed E-state index contributed by atoms with van der Waals surface area (Å²) in [4.78, 5) is 17.9. The van der Waals surface area contributed by atoms with E-state index in [4.69, 9.17) is 9.26 Å². The molecule has 1 atom stereocenters. The van der Waals surface area contributed by atoms with E-state index in [9.17, 15) is 4.79 Å². The van der Waals surface area contributed by atoms with Crippen LogP contribution in [0, 0.1) is 0 Å². The van der Waals surface area contributed by atoms with Crippen LogP contribution in [-0.2, 0) is 4.74 Å². The minimum Gasteiger partial charge on any atom is -0.444 e. The van der Waals surface area contributed by atoms with E-state index in [1.165, 1.54) is 0 Å². The van der Waals surface area contributed by atoms with Crippen molar-refractivity contribution < 1.29 is 14.1 Å². The van der Waals surface area contributed by atoms with Crippen molar-refractivity contribution in [2.24, 2.45) is 0 Å². The second-order valence-corrected chi connectivity index (χ2v) is 5.47. The summed E-state index contributed by atoms with van der Waals surface area (Å²) in [5, 5.41) is 6.57. The van der Waals surface area contributed by atoms with E-state index in [2.05, 4.69) is 15.5 Å². The summed E-state index contributed by atoms with van der Waals surface area (Å²) in [7, 11) is 0. The van der Waals surface area contributed by atoms with Crippen LogP contribution in [0.3, 0.4) is 0 Å². The van der Waals surface area contributed by atoms with Crippen LogP contribution in [0.1, 0.15) is 53.5 Å². The van der Waals surface area contributed by atoms with Crippen molar-refractivity contribution in [3.63, 3.8) is 0 Å². The van der Waals surface area contributed by atoms with Gasteiger partial charge in [-0.1, -0.05) is 0 Å². The number of rotatable bonds is 5. The molecule has 1 amide bonds. The molecule has 0 unspecified atom stereocenters. The molecule has 1 aromatic rings. The molecule has 7 heteroatoms. The van der Waals surface area contributed by atoms with Crippen LogP contribution in [-0.4, -0.2) is 34.9 Å². The molecule has 0 spiro atoms. The number of nitrogens with one attached hydrogen (secondary N) is 1. The van der Waals surface area contributed by atoms with Crippen molar-refractivity contribution in [1.82, 2.24) is 15.5 Å². The third kappa shape index (κ3) is 4.71. The summed E-state index contributed by atoms with van der Waals surface area (Å²) in [6.45, 7) is 12.8. The quantitative estimate of drug-likeness (QED) is 0.894. The molecular formula is C13H24N4O3. The summed E-state index contributed by atoms with van der Waals surface area (Å²) >= 11 is 0. The van der Waals surface area contributed by atoms with Crippen LogP contribution in [0.4, 0.5) is 10.7 Å². The number of carbonyl (C=O) groups excluding carboxylic acids is 1. The number of hydrogen-bond acceptors (Lipinski definition) is 6. The van der Waals surface area contributed by atoms with Crippen LogP contribution in [0.5, 0.6) is 0 Å². The van der Waals surface area contributed by atoms with Crippen LogP contribution in [0.2, 0.25) is 0 Å². The minimum absolute atomic E-state index is 0.359. The Hall–Kier alpha value is -1.79. The number of ether oxygens (including phenoxy) is 1. The minimum atomic E-state index is -0.537. The van der Waals surface area contributed by atoms with Gasteiger partial charge in [-0.15, -0.1) is 0 Å². The lowest BCUT2D eigenvalue weighted by atomic mass is 10.2. The summed E-state index contributed by atoms with van der Waals surface area (Å²) in [6, 6.07) is -0.401. The van der Waals surface area contributed by atoms with Crippen molar-refractivity contribution in [1.29, 1.82) is 0 Å². The molecule has 0 saturated carbocycles. The highest BCUT2D eigenvalue weighted by atomic mass is 16.6. The lowest BCUT2D eigenvalue weighted by Crippen LogP contribution is -2.34. The van der Waals surface area contributed by atoms with Crippen molar-refractivity contribution in [3.8, 4) is 0 Å². The smallest absolute Gasteiger partial charge is 0.408 e. The number of anilines is 1. The number of nitrogens with zero attached hydrogens (tertiary/aromatic N) is 3. The van der Waals surface area contributed by atoms with Gasteiger partial charge in [0.25, 0.3) is 11.8 Å². The maximum Gasteiger partial charge on any atom is 0.408 e. The number of aromatic nitrogens is 2. The van der Waals surface area contributed by atoms with E-state index < -0.39 is 17.7 Å². The molecule has 1 aromatic heterocycles. The highest BCUT2D eigenvalue weighted by molar-refractivity contribution is 5.68. The van der Waals surface area contributed by atoms with E-state index in [1.807, 2.05) is 39.5 Å². The predicted octanol–water partition coefficient (Wildman–Crippen LogP) is 2.50. The Balaban J connectivity index is 2.64. The highest BCUT2D eigenvalue weighted by Gasteiger charge is 2.22. The first kappa shape index (κ1) is 16.3. The third-order valence-electron chi connectivity index (χ3n) is 2.58. The van der Waals surface area contributed by atoms with Gasteiger partial charge in [0.2, 0.25) is 0 Å². The monoisotopic (exact) mass is 284 g/mol. The molecule has 0 radical (unpaired) electrons. The lowest BCUT2D eigenvalue weighted by Gasteiger charge is -2.20. The average molecular weight is 284 g/mol. The number of alkyl carbamates (subject to hydrolysis) is 1. The zero-order valence-electron chi connectivity index (χ0n) is 13.1. The Morgan fingerprint density at radius 2 is 2.00 bits per heavy atom. The third-order valence-corrected chi connectivity index (χ3v) is 2.58. The largest absolute Gasteiger partial charge is 0.444 e. The van der Waals surface area contributed by atoms with E-state index in [0.717, 1.165) is 13.1 Å². The summed E-state index contributed by atoms with van der Waals surface area (Å²) < 4.78 is 10.3. The number of amides is 1. The van der Waals surface area contributed by atoms with E-state index in [-0.39, 0.29) is 0 Å². The maximum atomic E-state index is 11.7. The molecule has 0 aliphatic carbocycles. The molecule has 0 aliphatic heterocycles. The van der Waals surface area contributed by atoms with E-state index in [1.54, 1.807) is 6.92 Å². The molecule has 1 heterocycles. The van der Waals surface area contributed by atoms with Crippen LogP contribution in [0.15, 0.2) is 4.52 Å². The zero-order valence-corrected chi connectivity index (χ0v) is 13.1. The van der Waals surface area contributed by atoms with Gasteiger partial charge in [0.1, 0.15) is 11.6 Å². The molecule has 0 aromatic carbocycles. The van der Waals surface area contributed by atoms with Crippen molar-refractivity contribution in [3.05, 3.63) is 5.89 Å². The molecule has 20 heavy (non-hydrogen) atoms. The van der Waals surface area contributed by atoms with Gasteiger partial charge >= 0.3 is 6.09 Å². The summed E-state index contributed by atoms with van der Waals surface area (Å²) in [5.74, 6) is 0.889. The Kier molecular flexibility index (Phi) is 5.35. The van der Waals surface area contributed by atoms with Gasteiger partial charge in [0.15, 0.2) is 0 Å². The van der Waals surface area contributed by atoms with Crippen molar-refractivity contribution in [2.75, 3.05) is 18.0 Å². The zero-order chi connectivity index (χ0) is 15.3. The van der Waals surface area contributed by atoms with Gasteiger partial charge < -0.3 is 19.5 Å². The maximum absolute atomic E-state index is 11.7.